The first-order valence-electron chi connectivity index (χ1n) is 7.18. The van der Waals surface area contributed by atoms with Crippen molar-refractivity contribution >= 4 is 23.0 Å². The highest BCUT2D eigenvalue weighted by Crippen LogP contribution is 2.28. The standard InChI is InChI=1S/C14H22BBrN2O/c1-15(19)18-14-7-3-11(4-8-14)2-6-13-9-5-12(16)10-17-13/h5,9-11,14,18-19H,2-4,6-8H2,1H3. The number of hydrogen-bond acceptors (Lipinski definition) is 3. The van der Waals surface area contributed by atoms with Crippen molar-refractivity contribution in [1.29, 1.82) is 0 Å². The molecule has 1 saturated carbocycles. The van der Waals surface area contributed by atoms with Crippen LogP contribution in [0.5, 0.6) is 0 Å². The normalized spacial score (nSPS) is 23.3. The smallest absolute Gasteiger partial charge is 0.373 e. The van der Waals surface area contributed by atoms with Gasteiger partial charge in [-0.25, -0.2) is 0 Å². The summed E-state index contributed by atoms with van der Waals surface area (Å²) in [7, 11) is -0.381. The Kier molecular flexibility index (Phi) is 5.86. The molecule has 2 rings (SSSR count). The maximum absolute atomic E-state index is 9.32. The van der Waals surface area contributed by atoms with E-state index in [1.54, 1.807) is 6.82 Å². The lowest BCUT2D eigenvalue weighted by Gasteiger charge is -2.29. The predicted molar refractivity (Wildman–Crippen MR) is 83.0 cm³/mol. The molecule has 1 fully saturated rings. The molecule has 1 aromatic heterocycles. The van der Waals surface area contributed by atoms with Crippen LogP contribution in [0, 0.1) is 5.92 Å². The summed E-state index contributed by atoms with van der Waals surface area (Å²) in [6, 6.07) is 4.67. The van der Waals surface area contributed by atoms with Gasteiger partial charge < -0.3 is 10.3 Å². The van der Waals surface area contributed by atoms with Gasteiger partial charge in [-0.2, -0.15) is 0 Å². The number of halogens is 1. The van der Waals surface area contributed by atoms with Crippen molar-refractivity contribution in [2.75, 3.05) is 0 Å². The van der Waals surface area contributed by atoms with Crippen LogP contribution in [0.3, 0.4) is 0 Å². The lowest BCUT2D eigenvalue weighted by atomic mass is 9.79. The molecule has 0 radical (unpaired) electrons. The topological polar surface area (TPSA) is 45.1 Å². The minimum absolute atomic E-state index is 0.381. The first-order valence-corrected chi connectivity index (χ1v) is 7.97. The fourth-order valence-electron chi connectivity index (χ4n) is 2.87. The Morgan fingerprint density at radius 2 is 2.11 bits per heavy atom. The summed E-state index contributed by atoms with van der Waals surface area (Å²) in [6.07, 6.45) is 9.08. The molecule has 0 spiro atoms. The first kappa shape index (κ1) is 15.0. The Hall–Kier alpha value is -0.385. The molecule has 0 aliphatic heterocycles. The van der Waals surface area contributed by atoms with Crippen LogP contribution in [0.4, 0.5) is 0 Å². The highest BCUT2D eigenvalue weighted by Gasteiger charge is 2.22. The van der Waals surface area contributed by atoms with Crippen molar-refractivity contribution in [2.45, 2.75) is 51.4 Å². The zero-order chi connectivity index (χ0) is 13.7. The zero-order valence-electron chi connectivity index (χ0n) is 11.5. The van der Waals surface area contributed by atoms with Gasteiger partial charge in [0.25, 0.3) is 0 Å². The lowest BCUT2D eigenvalue weighted by Crippen LogP contribution is -2.41. The van der Waals surface area contributed by atoms with Crippen LogP contribution in [0.15, 0.2) is 22.8 Å². The molecule has 0 atom stereocenters. The molecular weight excluding hydrogens is 303 g/mol. The predicted octanol–water partition coefficient (Wildman–Crippen LogP) is 3.04. The van der Waals surface area contributed by atoms with Crippen molar-refractivity contribution in [3.05, 3.63) is 28.5 Å². The van der Waals surface area contributed by atoms with Crippen LogP contribution in [0.25, 0.3) is 0 Å². The summed E-state index contributed by atoms with van der Waals surface area (Å²) in [6.45, 7) is 1.80. The van der Waals surface area contributed by atoms with Crippen LogP contribution in [-0.4, -0.2) is 23.1 Å². The molecule has 2 N–H and O–H groups in total. The van der Waals surface area contributed by atoms with Crippen molar-refractivity contribution in [3.8, 4) is 0 Å². The number of nitrogens with zero attached hydrogens (tertiary/aromatic N) is 1. The van der Waals surface area contributed by atoms with Gasteiger partial charge in [0.1, 0.15) is 0 Å². The second-order valence-corrected chi connectivity index (χ2v) is 6.48. The molecule has 0 amide bonds. The number of pyridine rings is 1. The molecule has 3 nitrogen and oxygen atoms in total. The van der Waals surface area contributed by atoms with Gasteiger partial charge in [-0.1, -0.05) is 0 Å². The Bertz CT molecular complexity index is 378. The molecule has 19 heavy (non-hydrogen) atoms. The van der Waals surface area contributed by atoms with E-state index in [0.717, 1.165) is 16.8 Å². The molecule has 104 valence electrons. The van der Waals surface area contributed by atoms with Gasteiger partial charge in [0.05, 0.1) is 0 Å². The molecule has 0 bridgehead atoms. The van der Waals surface area contributed by atoms with Gasteiger partial charge in [-0.05, 0) is 85.4 Å². The van der Waals surface area contributed by atoms with Crippen molar-refractivity contribution < 1.29 is 5.02 Å². The molecule has 0 aromatic carbocycles. The van der Waals surface area contributed by atoms with Crippen LogP contribution < -0.4 is 5.23 Å². The van der Waals surface area contributed by atoms with Crippen LogP contribution in [-0.2, 0) is 6.42 Å². The van der Waals surface area contributed by atoms with Gasteiger partial charge in [0.15, 0.2) is 0 Å². The second-order valence-electron chi connectivity index (χ2n) is 5.57. The summed E-state index contributed by atoms with van der Waals surface area (Å²) < 4.78 is 1.04. The first-order chi connectivity index (χ1) is 9.13. The van der Waals surface area contributed by atoms with E-state index in [1.165, 1.54) is 37.8 Å². The Morgan fingerprint density at radius 1 is 1.37 bits per heavy atom. The molecule has 1 aromatic rings. The van der Waals surface area contributed by atoms with E-state index in [0.29, 0.717) is 6.04 Å². The van der Waals surface area contributed by atoms with E-state index < -0.39 is 0 Å². The zero-order valence-corrected chi connectivity index (χ0v) is 13.1. The van der Waals surface area contributed by atoms with E-state index in [9.17, 15) is 5.02 Å². The SMILES string of the molecule is CB(O)NC1CCC(CCc2ccc(Br)cn2)CC1. The van der Waals surface area contributed by atoms with Gasteiger partial charge in [0.2, 0.25) is 0 Å². The highest BCUT2D eigenvalue weighted by molar-refractivity contribution is 9.10. The summed E-state index contributed by atoms with van der Waals surface area (Å²) in [5, 5.41) is 12.5. The van der Waals surface area contributed by atoms with E-state index in [4.69, 9.17) is 0 Å². The van der Waals surface area contributed by atoms with Crippen molar-refractivity contribution in [3.63, 3.8) is 0 Å². The summed E-state index contributed by atoms with van der Waals surface area (Å²) >= 11 is 3.41. The number of hydrogen-bond donors (Lipinski definition) is 2. The summed E-state index contributed by atoms with van der Waals surface area (Å²) in [5.74, 6) is 0.817. The monoisotopic (exact) mass is 324 g/mol. The Balaban J connectivity index is 1.69. The summed E-state index contributed by atoms with van der Waals surface area (Å²) in [4.78, 5) is 4.42. The van der Waals surface area contributed by atoms with Crippen LogP contribution in [0.1, 0.15) is 37.8 Å². The Labute approximate surface area is 124 Å². The molecular formula is C14H22BBrN2O. The fourth-order valence-corrected chi connectivity index (χ4v) is 3.10. The van der Waals surface area contributed by atoms with Crippen LogP contribution >= 0.6 is 15.9 Å². The summed E-state index contributed by atoms with van der Waals surface area (Å²) in [5.41, 5.74) is 1.19. The third-order valence-electron chi connectivity index (χ3n) is 3.92. The average molecular weight is 325 g/mol. The maximum Gasteiger partial charge on any atom is 0.373 e. The number of nitrogens with one attached hydrogen (secondary N) is 1. The highest BCUT2D eigenvalue weighted by atomic mass is 79.9. The van der Waals surface area contributed by atoms with Crippen molar-refractivity contribution in [1.82, 2.24) is 10.2 Å². The number of aromatic nitrogens is 1. The van der Waals surface area contributed by atoms with E-state index >= 15 is 0 Å². The molecule has 0 unspecified atom stereocenters. The quantitative estimate of drug-likeness (QED) is 0.818. The minimum atomic E-state index is -0.381. The van der Waals surface area contributed by atoms with Gasteiger partial charge >= 0.3 is 7.05 Å². The molecule has 5 heteroatoms. The lowest BCUT2D eigenvalue weighted by molar-refractivity contribution is 0.294. The minimum Gasteiger partial charge on any atom is -0.437 e. The molecule has 1 heterocycles. The average Bonchev–Trinajstić information content (AvgIpc) is 2.39. The maximum atomic E-state index is 9.32. The number of rotatable bonds is 5. The van der Waals surface area contributed by atoms with E-state index in [2.05, 4.69) is 38.3 Å². The van der Waals surface area contributed by atoms with Crippen molar-refractivity contribution in [2.24, 2.45) is 5.92 Å². The molecule has 1 aliphatic rings. The van der Waals surface area contributed by atoms with E-state index in [1.807, 2.05) is 6.20 Å². The molecule has 1 aliphatic carbocycles. The van der Waals surface area contributed by atoms with Crippen LogP contribution in [0.2, 0.25) is 6.82 Å². The largest absolute Gasteiger partial charge is 0.437 e. The third-order valence-corrected chi connectivity index (χ3v) is 4.39. The third kappa shape index (κ3) is 5.25. The Morgan fingerprint density at radius 3 is 2.68 bits per heavy atom. The van der Waals surface area contributed by atoms with E-state index in [-0.39, 0.29) is 7.05 Å². The fraction of sp³-hybridized carbons (Fsp3) is 0.643. The molecule has 0 saturated heterocycles. The second kappa shape index (κ2) is 7.41. The van der Waals surface area contributed by atoms with Gasteiger partial charge in [-0.3, -0.25) is 4.98 Å². The van der Waals surface area contributed by atoms with Gasteiger partial charge in [-0.15, -0.1) is 0 Å². The number of aryl methyl sites for hydroxylation is 1. The van der Waals surface area contributed by atoms with Gasteiger partial charge in [0, 0.05) is 16.4 Å².